The van der Waals surface area contributed by atoms with Gasteiger partial charge in [0.1, 0.15) is 5.60 Å². The number of esters is 1. The van der Waals surface area contributed by atoms with Gasteiger partial charge in [-0.15, -0.1) is 0 Å². The Morgan fingerprint density at radius 3 is 2.38 bits per heavy atom. The van der Waals surface area contributed by atoms with Gasteiger partial charge in [0.25, 0.3) is 0 Å². The number of carbonyl (C=O) groups is 1. The Bertz CT molecular complexity index is 190. The minimum absolute atomic E-state index is 0.152. The van der Waals surface area contributed by atoms with Gasteiger partial charge in [0.15, 0.2) is 0 Å². The fourth-order valence-corrected chi connectivity index (χ4v) is 1.96. The molecule has 96 valence electrons. The second-order valence-corrected chi connectivity index (χ2v) is 5.85. The highest BCUT2D eigenvalue weighted by Gasteiger charge is 2.15. The van der Waals surface area contributed by atoms with Gasteiger partial charge in [-0.2, -0.15) is 11.8 Å². The van der Waals surface area contributed by atoms with Crippen molar-refractivity contribution in [2.75, 3.05) is 18.2 Å². The van der Waals surface area contributed by atoms with Crippen molar-refractivity contribution in [3.63, 3.8) is 0 Å². The highest BCUT2D eigenvalue weighted by atomic mass is 32.2. The summed E-state index contributed by atoms with van der Waals surface area (Å²) in [5, 5.41) is 0. The first-order valence-corrected chi connectivity index (χ1v) is 6.97. The third-order valence-corrected chi connectivity index (χ3v) is 2.83. The summed E-state index contributed by atoms with van der Waals surface area (Å²) in [6.07, 6.45) is 3.71. The number of halogens is 1. The van der Waals surface area contributed by atoms with E-state index in [9.17, 15) is 9.18 Å². The largest absolute Gasteiger partial charge is 0.459 e. The van der Waals surface area contributed by atoms with Crippen LogP contribution in [-0.2, 0) is 9.53 Å². The zero-order valence-electron chi connectivity index (χ0n) is 10.6. The molecule has 0 fully saturated rings. The number of unbranched alkanes of at least 4 members (excludes halogenated alkanes) is 3. The van der Waals surface area contributed by atoms with E-state index in [4.69, 9.17) is 4.74 Å². The topological polar surface area (TPSA) is 26.3 Å². The summed E-state index contributed by atoms with van der Waals surface area (Å²) >= 11 is 1.59. The summed E-state index contributed by atoms with van der Waals surface area (Å²) in [5.74, 6) is 1.22. The SMILES string of the molecule is CC(C)(C)OC(=O)CSCCCCCCF. The molecular weight excluding hydrogens is 227 g/mol. The van der Waals surface area contributed by atoms with E-state index in [2.05, 4.69) is 0 Å². The highest BCUT2D eigenvalue weighted by molar-refractivity contribution is 7.99. The highest BCUT2D eigenvalue weighted by Crippen LogP contribution is 2.12. The first-order chi connectivity index (χ1) is 7.45. The second kappa shape index (κ2) is 8.85. The average molecular weight is 250 g/mol. The number of carbonyl (C=O) groups excluding carboxylic acids is 1. The molecule has 0 amide bonds. The maximum absolute atomic E-state index is 11.8. The summed E-state index contributed by atoms with van der Waals surface area (Å²) < 4.78 is 16.9. The Morgan fingerprint density at radius 1 is 1.19 bits per heavy atom. The normalized spacial score (nSPS) is 11.5. The van der Waals surface area contributed by atoms with Crippen LogP contribution in [-0.4, -0.2) is 29.8 Å². The van der Waals surface area contributed by atoms with Gasteiger partial charge >= 0.3 is 5.97 Å². The van der Waals surface area contributed by atoms with Crippen molar-refractivity contribution in [3.05, 3.63) is 0 Å². The summed E-state index contributed by atoms with van der Waals surface area (Å²) in [5.41, 5.74) is -0.390. The molecule has 0 aromatic heterocycles. The molecular formula is C12H23FO2S. The first-order valence-electron chi connectivity index (χ1n) is 5.81. The second-order valence-electron chi connectivity index (χ2n) is 4.74. The Labute approximate surface area is 102 Å². The molecule has 0 aliphatic rings. The summed E-state index contributed by atoms with van der Waals surface area (Å²) in [7, 11) is 0. The Hall–Kier alpha value is -0.250. The van der Waals surface area contributed by atoms with Crippen LogP contribution < -0.4 is 0 Å². The number of hydrogen-bond acceptors (Lipinski definition) is 3. The molecule has 0 aliphatic heterocycles. The van der Waals surface area contributed by atoms with E-state index in [0.29, 0.717) is 12.2 Å². The van der Waals surface area contributed by atoms with E-state index in [1.165, 1.54) is 0 Å². The maximum atomic E-state index is 11.8. The van der Waals surface area contributed by atoms with Crippen LogP contribution in [0.3, 0.4) is 0 Å². The standard InChI is InChI=1S/C12H23FO2S/c1-12(2,3)15-11(14)10-16-9-7-5-4-6-8-13/h4-10H2,1-3H3. The van der Waals surface area contributed by atoms with Crippen LogP contribution in [0.4, 0.5) is 4.39 Å². The van der Waals surface area contributed by atoms with E-state index < -0.39 is 5.60 Å². The summed E-state index contributed by atoms with van der Waals surface area (Å²) in [6.45, 7) is 5.39. The first kappa shape index (κ1) is 15.8. The molecule has 0 spiro atoms. The molecule has 0 rings (SSSR count). The van der Waals surface area contributed by atoms with E-state index in [-0.39, 0.29) is 12.6 Å². The van der Waals surface area contributed by atoms with Gasteiger partial charge in [-0.1, -0.05) is 12.8 Å². The number of rotatable bonds is 8. The molecule has 4 heteroatoms. The molecule has 16 heavy (non-hydrogen) atoms. The lowest BCUT2D eigenvalue weighted by Gasteiger charge is -2.19. The van der Waals surface area contributed by atoms with Crippen LogP contribution in [0.2, 0.25) is 0 Å². The fourth-order valence-electron chi connectivity index (χ4n) is 1.18. The van der Waals surface area contributed by atoms with Crippen molar-refractivity contribution in [1.29, 1.82) is 0 Å². The predicted molar refractivity (Wildman–Crippen MR) is 67.6 cm³/mol. The van der Waals surface area contributed by atoms with Crippen molar-refractivity contribution >= 4 is 17.7 Å². The quantitative estimate of drug-likeness (QED) is 0.486. The van der Waals surface area contributed by atoms with E-state index in [1.54, 1.807) is 11.8 Å². The Morgan fingerprint density at radius 2 is 1.81 bits per heavy atom. The van der Waals surface area contributed by atoms with Crippen LogP contribution in [0.15, 0.2) is 0 Å². The van der Waals surface area contributed by atoms with Gasteiger partial charge in [-0.25, -0.2) is 0 Å². The van der Waals surface area contributed by atoms with E-state index in [0.717, 1.165) is 25.0 Å². The van der Waals surface area contributed by atoms with Gasteiger partial charge in [0, 0.05) is 0 Å². The van der Waals surface area contributed by atoms with Gasteiger partial charge in [0.2, 0.25) is 0 Å². The van der Waals surface area contributed by atoms with Crippen LogP contribution in [0, 0.1) is 0 Å². The molecule has 0 aromatic rings. The zero-order valence-corrected chi connectivity index (χ0v) is 11.4. The number of ether oxygens (including phenoxy) is 1. The molecule has 0 atom stereocenters. The van der Waals surface area contributed by atoms with Gasteiger partial charge in [-0.3, -0.25) is 9.18 Å². The maximum Gasteiger partial charge on any atom is 0.316 e. The third kappa shape index (κ3) is 11.8. The van der Waals surface area contributed by atoms with Crippen LogP contribution in [0.25, 0.3) is 0 Å². The lowest BCUT2D eigenvalue weighted by atomic mass is 10.2. The zero-order chi connectivity index (χ0) is 12.4. The molecule has 0 saturated carbocycles. The van der Waals surface area contributed by atoms with Crippen LogP contribution in [0.1, 0.15) is 46.5 Å². The lowest BCUT2D eigenvalue weighted by molar-refractivity contribution is -0.151. The van der Waals surface area contributed by atoms with Gasteiger partial charge in [-0.05, 0) is 39.4 Å². The molecule has 0 radical (unpaired) electrons. The molecule has 0 unspecified atom stereocenters. The molecule has 2 nitrogen and oxygen atoms in total. The van der Waals surface area contributed by atoms with Crippen molar-refractivity contribution < 1.29 is 13.9 Å². The molecule has 0 aromatic carbocycles. The van der Waals surface area contributed by atoms with Crippen molar-refractivity contribution in [2.24, 2.45) is 0 Å². The smallest absolute Gasteiger partial charge is 0.316 e. The fraction of sp³-hybridized carbons (Fsp3) is 0.917. The number of thioether (sulfide) groups is 1. The molecule has 0 heterocycles. The Balaban J connectivity index is 3.28. The van der Waals surface area contributed by atoms with Crippen LogP contribution in [0.5, 0.6) is 0 Å². The molecule has 0 N–H and O–H groups in total. The third-order valence-electron chi connectivity index (χ3n) is 1.81. The predicted octanol–water partition coefficient (Wildman–Crippen LogP) is 3.59. The number of alkyl halides is 1. The monoisotopic (exact) mass is 250 g/mol. The Kier molecular flexibility index (Phi) is 8.71. The average Bonchev–Trinajstić information content (AvgIpc) is 2.13. The van der Waals surface area contributed by atoms with Gasteiger partial charge < -0.3 is 4.74 Å². The van der Waals surface area contributed by atoms with Crippen molar-refractivity contribution in [1.82, 2.24) is 0 Å². The minimum Gasteiger partial charge on any atom is -0.459 e. The van der Waals surface area contributed by atoms with Gasteiger partial charge in [0.05, 0.1) is 12.4 Å². The molecule has 0 aliphatic carbocycles. The minimum atomic E-state index is -0.390. The van der Waals surface area contributed by atoms with Crippen LogP contribution >= 0.6 is 11.8 Å². The molecule has 0 saturated heterocycles. The van der Waals surface area contributed by atoms with E-state index >= 15 is 0 Å². The molecule has 0 bridgehead atoms. The van der Waals surface area contributed by atoms with Crippen molar-refractivity contribution in [3.8, 4) is 0 Å². The number of hydrogen-bond donors (Lipinski definition) is 0. The van der Waals surface area contributed by atoms with E-state index in [1.807, 2.05) is 20.8 Å². The lowest BCUT2D eigenvalue weighted by Crippen LogP contribution is -2.25. The summed E-state index contributed by atoms with van der Waals surface area (Å²) in [6, 6.07) is 0. The summed E-state index contributed by atoms with van der Waals surface area (Å²) in [4.78, 5) is 11.3. The van der Waals surface area contributed by atoms with Crippen molar-refractivity contribution in [2.45, 2.75) is 52.1 Å².